The van der Waals surface area contributed by atoms with Gasteiger partial charge in [-0.25, -0.2) is 0 Å². The molecule has 118 valence electrons. The van der Waals surface area contributed by atoms with Crippen LogP contribution in [-0.4, -0.2) is 34.0 Å². The molecule has 0 saturated heterocycles. The summed E-state index contributed by atoms with van der Waals surface area (Å²) in [6, 6.07) is 13.2. The van der Waals surface area contributed by atoms with Crippen molar-refractivity contribution in [1.82, 2.24) is 9.88 Å². The smallest absolute Gasteiger partial charge is 0.232 e. The number of nitrogens with zero attached hydrogens (tertiary/aromatic N) is 2. The monoisotopic (exact) mass is 320 g/mol. The van der Waals surface area contributed by atoms with Gasteiger partial charge in [-0.15, -0.1) is 12.4 Å². The molecule has 2 rings (SSSR count). The van der Waals surface area contributed by atoms with E-state index in [0.717, 1.165) is 11.1 Å². The van der Waals surface area contributed by atoms with Crippen LogP contribution in [0, 0.1) is 0 Å². The Morgan fingerprint density at radius 1 is 1.18 bits per heavy atom. The molecule has 0 aliphatic heterocycles. The molecule has 1 atom stereocenters. The maximum absolute atomic E-state index is 12.7. The van der Waals surface area contributed by atoms with E-state index in [1.165, 1.54) is 0 Å². The van der Waals surface area contributed by atoms with Gasteiger partial charge < -0.3 is 10.0 Å². The molecule has 0 radical (unpaired) electrons. The lowest BCUT2D eigenvalue weighted by molar-refractivity contribution is -0.134. The number of aliphatic hydroxyl groups excluding tert-OH is 1. The molecule has 0 spiro atoms. The molecule has 1 heterocycles. The summed E-state index contributed by atoms with van der Waals surface area (Å²) in [7, 11) is 0. The lowest BCUT2D eigenvalue weighted by atomic mass is 9.98. The van der Waals surface area contributed by atoms with E-state index in [-0.39, 0.29) is 24.9 Å². The third kappa shape index (κ3) is 4.55. The van der Waals surface area contributed by atoms with E-state index >= 15 is 0 Å². The maximum atomic E-state index is 12.7. The normalized spacial score (nSPS) is 11.4. The highest BCUT2D eigenvalue weighted by Crippen LogP contribution is 2.19. The van der Waals surface area contributed by atoms with E-state index in [1.807, 2.05) is 49.4 Å². The fourth-order valence-corrected chi connectivity index (χ4v) is 2.29. The number of hydrogen-bond acceptors (Lipinski definition) is 3. The van der Waals surface area contributed by atoms with E-state index in [2.05, 4.69) is 4.98 Å². The van der Waals surface area contributed by atoms with Crippen molar-refractivity contribution >= 4 is 18.3 Å². The highest BCUT2D eigenvalue weighted by molar-refractivity contribution is 5.85. The van der Waals surface area contributed by atoms with Crippen LogP contribution in [0.3, 0.4) is 0 Å². The SMILES string of the molecule is CCN(Cc1ccncc1)C(=O)C(CO)c1ccccc1.Cl. The molecular formula is C17H21ClN2O2. The number of hydrogen-bond donors (Lipinski definition) is 1. The Morgan fingerprint density at radius 3 is 2.36 bits per heavy atom. The van der Waals surface area contributed by atoms with Crippen LogP contribution in [0.1, 0.15) is 24.0 Å². The number of aromatic nitrogens is 1. The van der Waals surface area contributed by atoms with Gasteiger partial charge in [-0.1, -0.05) is 30.3 Å². The number of carbonyl (C=O) groups excluding carboxylic acids is 1. The molecule has 0 aliphatic carbocycles. The van der Waals surface area contributed by atoms with Crippen LogP contribution in [0.4, 0.5) is 0 Å². The molecule has 1 aromatic heterocycles. The van der Waals surface area contributed by atoms with Gasteiger partial charge in [0.25, 0.3) is 0 Å². The number of halogens is 1. The lowest BCUT2D eigenvalue weighted by Crippen LogP contribution is -2.36. The Bertz CT molecular complexity index is 563. The van der Waals surface area contributed by atoms with E-state index < -0.39 is 5.92 Å². The second-order valence-electron chi connectivity index (χ2n) is 4.85. The minimum absolute atomic E-state index is 0. The van der Waals surface area contributed by atoms with Crippen molar-refractivity contribution in [1.29, 1.82) is 0 Å². The second kappa shape index (κ2) is 9.18. The average molecular weight is 321 g/mol. The number of carbonyl (C=O) groups is 1. The molecule has 1 unspecified atom stereocenters. The van der Waals surface area contributed by atoms with Gasteiger partial charge >= 0.3 is 0 Å². The van der Waals surface area contributed by atoms with Crippen molar-refractivity contribution in [2.24, 2.45) is 0 Å². The molecule has 1 aromatic carbocycles. The Kier molecular flexibility index (Phi) is 7.57. The third-order valence-electron chi connectivity index (χ3n) is 3.50. The van der Waals surface area contributed by atoms with Crippen LogP contribution < -0.4 is 0 Å². The zero-order valence-electron chi connectivity index (χ0n) is 12.6. The first-order valence-corrected chi connectivity index (χ1v) is 7.09. The van der Waals surface area contributed by atoms with Crippen LogP contribution >= 0.6 is 12.4 Å². The number of aliphatic hydroxyl groups is 1. The van der Waals surface area contributed by atoms with Crippen molar-refractivity contribution in [3.63, 3.8) is 0 Å². The highest BCUT2D eigenvalue weighted by Gasteiger charge is 2.24. The maximum Gasteiger partial charge on any atom is 0.232 e. The Balaban J connectivity index is 0.00000242. The Labute approximate surface area is 137 Å². The van der Waals surface area contributed by atoms with Crippen molar-refractivity contribution in [3.8, 4) is 0 Å². The first-order valence-electron chi connectivity index (χ1n) is 7.09. The van der Waals surface area contributed by atoms with Gasteiger partial charge in [-0.05, 0) is 30.2 Å². The number of likely N-dealkylation sites (N-methyl/N-ethyl adjacent to an activating group) is 1. The summed E-state index contributed by atoms with van der Waals surface area (Å²) in [5, 5.41) is 9.60. The van der Waals surface area contributed by atoms with Crippen LogP contribution in [0.25, 0.3) is 0 Å². The number of rotatable bonds is 6. The van der Waals surface area contributed by atoms with E-state index in [0.29, 0.717) is 13.1 Å². The van der Waals surface area contributed by atoms with Crippen molar-refractivity contribution in [3.05, 3.63) is 66.0 Å². The molecule has 5 heteroatoms. The van der Waals surface area contributed by atoms with Crippen molar-refractivity contribution < 1.29 is 9.90 Å². The molecule has 0 fully saturated rings. The standard InChI is InChI=1S/C17H20N2O2.ClH/c1-2-19(12-14-8-10-18-11-9-14)17(21)16(13-20)15-6-4-3-5-7-15;/h3-11,16,20H,2,12-13H2,1H3;1H. The number of amides is 1. The largest absolute Gasteiger partial charge is 0.395 e. The summed E-state index contributed by atoms with van der Waals surface area (Å²) in [5.74, 6) is -0.559. The second-order valence-corrected chi connectivity index (χ2v) is 4.85. The van der Waals surface area contributed by atoms with Crippen LogP contribution in [-0.2, 0) is 11.3 Å². The van der Waals surface area contributed by atoms with Crippen LogP contribution in [0.15, 0.2) is 54.9 Å². The Hall–Kier alpha value is -1.91. The molecule has 0 bridgehead atoms. The predicted molar refractivity (Wildman–Crippen MR) is 88.8 cm³/mol. The van der Waals surface area contributed by atoms with Gasteiger partial charge in [-0.2, -0.15) is 0 Å². The van der Waals surface area contributed by atoms with E-state index in [9.17, 15) is 9.90 Å². The summed E-state index contributed by atoms with van der Waals surface area (Å²) in [6.45, 7) is 2.89. The van der Waals surface area contributed by atoms with Crippen LogP contribution in [0.2, 0.25) is 0 Å². The first-order chi connectivity index (χ1) is 10.3. The topological polar surface area (TPSA) is 53.4 Å². The molecule has 2 aromatic rings. The Morgan fingerprint density at radius 2 is 1.82 bits per heavy atom. The summed E-state index contributed by atoms with van der Waals surface area (Å²) in [4.78, 5) is 18.4. The summed E-state index contributed by atoms with van der Waals surface area (Å²) in [5.41, 5.74) is 1.88. The fourth-order valence-electron chi connectivity index (χ4n) is 2.29. The summed E-state index contributed by atoms with van der Waals surface area (Å²) >= 11 is 0. The van der Waals surface area contributed by atoms with Crippen molar-refractivity contribution in [2.75, 3.05) is 13.2 Å². The highest BCUT2D eigenvalue weighted by atomic mass is 35.5. The van der Waals surface area contributed by atoms with Gasteiger partial charge in [0.05, 0.1) is 12.5 Å². The fraction of sp³-hybridized carbons (Fsp3) is 0.294. The van der Waals surface area contributed by atoms with Gasteiger partial charge in [-0.3, -0.25) is 9.78 Å². The molecule has 0 aliphatic rings. The van der Waals surface area contributed by atoms with Crippen LogP contribution in [0.5, 0.6) is 0 Å². The van der Waals surface area contributed by atoms with E-state index in [1.54, 1.807) is 17.3 Å². The summed E-state index contributed by atoms with van der Waals surface area (Å²) in [6.07, 6.45) is 3.43. The number of pyridine rings is 1. The first kappa shape index (κ1) is 18.1. The van der Waals surface area contributed by atoms with Gasteiger partial charge in [0.15, 0.2) is 0 Å². The molecule has 1 N–H and O–H groups in total. The minimum atomic E-state index is -0.506. The molecule has 22 heavy (non-hydrogen) atoms. The third-order valence-corrected chi connectivity index (χ3v) is 3.50. The number of benzene rings is 1. The molecule has 1 amide bonds. The quantitative estimate of drug-likeness (QED) is 0.890. The average Bonchev–Trinajstić information content (AvgIpc) is 2.55. The molecule has 4 nitrogen and oxygen atoms in total. The van der Waals surface area contributed by atoms with E-state index in [4.69, 9.17) is 0 Å². The zero-order valence-corrected chi connectivity index (χ0v) is 13.4. The predicted octanol–water partition coefficient (Wildman–Crippen LogP) is 2.63. The lowest BCUT2D eigenvalue weighted by Gasteiger charge is -2.25. The molecular weight excluding hydrogens is 300 g/mol. The van der Waals surface area contributed by atoms with Gasteiger partial charge in [0.1, 0.15) is 0 Å². The zero-order chi connectivity index (χ0) is 15.1. The minimum Gasteiger partial charge on any atom is -0.395 e. The van der Waals surface area contributed by atoms with Gasteiger partial charge in [0.2, 0.25) is 5.91 Å². The summed E-state index contributed by atoms with van der Waals surface area (Å²) < 4.78 is 0. The molecule has 0 saturated carbocycles. The van der Waals surface area contributed by atoms with Crippen molar-refractivity contribution in [2.45, 2.75) is 19.4 Å². The van der Waals surface area contributed by atoms with Gasteiger partial charge in [0, 0.05) is 25.5 Å².